The summed E-state index contributed by atoms with van der Waals surface area (Å²) in [5.74, 6) is -0.279. The van der Waals surface area contributed by atoms with Crippen LogP contribution in [0.5, 0.6) is 0 Å². The lowest BCUT2D eigenvalue weighted by molar-refractivity contribution is 0.0568. The molecule has 0 aromatic heterocycles. The van der Waals surface area contributed by atoms with E-state index in [4.69, 9.17) is 0 Å². The predicted octanol–water partition coefficient (Wildman–Crippen LogP) is 4.43. The number of fused-ring (bicyclic) bond motifs is 1. The van der Waals surface area contributed by atoms with Crippen LogP contribution in [0.1, 0.15) is 18.1 Å². The van der Waals surface area contributed by atoms with E-state index >= 15 is 0 Å². The average molecular weight is 280 g/mol. The summed E-state index contributed by atoms with van der Waals surface area (Å²) in [6.45, 7) is 1.73. The topological polar surface area (TPSA) is 20.2 Å². The van der Waals surface area contributed by atoms with Crippen LogP contribution >= 0.6 is 0 Å². The Morgan fingerprint density at radius 1 is 0.905 bits per heavy atom. The summed E-state index contributed by atoms with van der Waals surface area (Å²) < 4.78 is 13.8. The van der Waals surface area contributed by atoms with Crippen LogP contribution < -0.4 is 0 Å². The third-order valence-electron chi connectivity index (χ3n) is 3.86. The van der Waals surface area contributed by atoms with Crippen molar-refractivity contribution in [3.63, 3.8) is 0 Å². The smallest absolute Gasteiger partial charge is 0.126 e. The highest BCUT2D eigenvalue weighted by atomic mass is 19.1. The maximum atomic E-state index is 13.8. The molecule has 1 unspecified atom stereocenters. The molecular formula is C19H17FO. The molecule has 0 amide bonds. The van der Waals surface area contributed by atoms with Crippen LogP contribution in [0.3, 0.4) is 0 Å². The lowest BCUT2D eigenvalue weighted by atomic mass is 9.88. The average Bonchev–Trinajstić information content (AvgIpc) is 2.49. The van der Waals surface area contributed by atoms with E-state index in [0.29, 0.717) is 5.56 Å². The highest BCUT2D eigenvalue weighted by Gasteiger charge is 2.25. The van der Waals surface area contributed by atoms with Crippen LogP contribution in [0, 0.1) is 5.82 Å². The van der Waals surface area contributed by atoms with Crippen LogP contribution in [0.25, 0.3) is 10.8 Å². The van der Waals surface area contributed by atoms with E-state index in [9.17, 15) is 9.50 Å². The normalized spacial score (nSPS) is 14.0. The molecule has 0 aliphatic carbocycles. The summed E-state index contributed by atoms with van der Waals surface area (Å²) in [5.41, 5.74) is 0.215. The first-order chi connectivity index (χ1) is 10.1. The number of rotatable bonds is 3. The Kier molecular flexibility index (Phi) is 3.48. The Bertz CT molecular complexity index is 777. The fourth-order valence-electron chi connectivity index (χ4n) is 2.64. The molecule has 0 bridgehead atoms. The molecule has 3 aromatic rings. The van der Waals surface area contributed by atoms with Gasteiger partial charge in [-0.25, -0.2) is 4.39 Å². The third-order valence-corrected chi connectivity index (χ3v) is 3.86. The van der Waals surface area contributed by atoms with Crippen molar-refractivity contribution in [1.29, 1.82) is 0 Å². The first kappa shape index (κ1) is 13.8. The van der Waals surface area contributed by atoms with Crippen molar-refractivity contribution in [3.8, 4) is 0 Å². The molecule has 1 N–H and O–H groups in total. The molecule has 2 heteroatoms. The second-order valence-corrected chi connectivity index (χ2v) is 5.60. The van der Waals surface area contributed by atoms with Crippen LogP contribution in [-0.2, 0) is 12.0 Å². The van der Waals surface area contributed by atoms with Gasteiger partial charge in [-0.05, 0) is 41.0 Å². The first-order valence-electron chi connectivity index (χ1n) is 7.01. The second-order valence-electron chi connectivity index (χ2n) is 5.60. The Balaban J connectivity index is 1.97. The molecule has 106 valence electrons. The fourth-order valence-corrected chi connectivity index (χ4v) is 2.64. The van der Waals surface area contributed by atoms with Crippen molar-refractivity contribution >= 4 is 10.8 Å². The van der Waals surface area contributed by atoms with Gasteiger partial charge in [-0.15, -0.1) is 0 Å². The highest BCUT2D eigenvalue weighted by molar-refractivity contribution is 5.83. The molecule has 0 fully saturated rings. The molecule has 3 aromatic carbocycles. The van der Waals surface area contributed by atoms with Gasteiger partial charge in [-0.1, -0.05) is 54.6 Å². The number of aliphatic hydroxyl groups is 1. The van der Waals surface area contributed by atoms with Gasteiger partial charge in [0, 0.05) is 6.42 Å². The number of benzene rings is 3. The fraction of sp³-hybridized carbons (Fsp3) is 0.158. The number of hydrogen-bond donors (Lipinski definition) is 1. The quantitative estimate of drug-likeness (QED) is 0.752. The van der Waals surface area contributed by atoms with Gasteiger partial charge in [-0.2, -0.15) is 0 Å². The van der Waals surface area contributed by atoms with E-state index in [1.165, 1.54) is 6.07 Å². The van der Waals surface area contributed by atoms with E-state index < -0.39 is 5.60 Å². The zero-order chi connectivity index (χ0) is 14.9. The molecule has 21 heavy (non-hydrogen) atoms. The van der Waals surface area contributed by atoms with Crippen LogP contribution in [0.2, 0.25) is 0 Å². The molecular weight excluding hydrogens is 263 g/mol. The number of hydrogen-bond acceptors (Lipinski definition) is 1. The van der Waals surface area contributed by atoms with Crippen molar-refractivity contribution in [1.82, 2.24) is 0 Å². The highest BCUT2D eigenvalue weighted by Crippen LogP contribution is 2.29. The van der Waals surface area contributed by atoms with E-state index in [1.807, 2.05) is 42.5 Å². The summed E-state index contributed by atoms with van der Waals surface area (Å²) >= 11 is 0. The monoisotopic (exact) mass is 280 g/mol. The van der Waals surface area contributed by atoms with Gasteiger partial charge >= 0.3 is 0 Å². The predicted molar refractivity (Wildman–Crippen MR) is 83.6 cm³/mol. The van der Waals surface area contributed by atoms with E-state index in [1.54, 1.807) is 25.1 Å². The minimum atomic E-state index is -1.10. The van der Waals surface area contributed by atoms with Crippen LogP contribution in [-0.4, -0.2) is 5.11 Å². The molecule has 1 nitrogen and oxygen atoms in total. The molecule has 1 atom stereocenters. The minimum Gasteiger partial charge on any atom is -0.385 e. The van der Waals surface area contributed by atoms with Gasteiger partial charge in [-0.3, -0.25) is 0 Å². The molecule has 0 radical (unpaired) electrons. The molecule has 0 aliphatic rings. The molecule has 0 saturated heterocycles. The van der Waals surface area contributed by atoms with Crippen molar-refractivity contribution in [2.24, 2.45) is 0 Å². The van der Waals surface area contributed by atoms with Gasteiger partial charge in [0.05, 0.1) is 5.60 Å². The van der Waals surface area contributed by atoms with E-state index in [2.05, 4.69) is 0 Å². The maximum Gasteiger partial charge on any atom is 0.126 e. The van der Waals surface area contributed by atoms with Crippen LogP contribution in [0.15, 0.2) is 66.7 Å². The first-order valence-corrected chi connectivity index (χ1v) is 7.01. The van der Waals surface area contributed by atoms with Crippen LogP contribution in [0.4, 0.5) is 4.39 Å². The largest absolute Gasteiger partial charge is 0.385 e. The van der Waals surface area contributed by atoms with Crippen molar-refractivity contribution in [2.45, 2.75) is 18.9 Å². The maximum absolute atomic E-state index is 13.8. The van der Waals surface area contributed by atoms with Gasteiger partial charge in [0.25, 0.3) is 0 Å². The van der Waals surface area contributed by atoms with Gasteiger partial charge < -0.3 is 5.11 Å². The Labute approximate surface area is 123 Å². The Morgan fingerprint density at radius 2 is 1.57 bits per heavy atom. The van der Waals surface area contributed by atoms with Gasteiger partial charge in [0.15, 0.2) is 0 Å². The van der Waals surface area contributed by atoms with Gasteiger partial charge in [0.1, 0.15) is 5.82 Å². The molecule has 0 spiro atoms. The lowest BCUT2D eigenvalue weighted by Gasteiger charge is -2.24. The van der Waals surface area contributed by atoms with E-state index in [-0.39, 0.29) is 12.2 Å². The molecule has 0 aliphatic heterocycles. The SMILES string of the molecule is CC(O)(Cc1ccccc1F)c1ccc2ccccc2c1. The summed E-state index contributed by atoms with van der Waals surface area (Å²) in [5, 5.41) is 13.0. The summed E-state index contributed by atoms with van der Waals surface area (Å²) in [4.78, 5) is 0. The van der Waals surface area contributed by atoms with Crippen molar-refractivity contribution < 1.29 is 9.50 Å². The van der Waals surface area contributed by atoms with Gasteiger partial charge in [0.2, 0.25) is 0 Å². The zero-order valence-corrected chi connectivity index (χ0v) is 11.9. The zero-order valence-electron chi connectivity index (χ0n) is 11.9. The summed E-state index contributed by atoms with van der Waals surface area (Å²) in [6, 6.07) is 20.4. The van der Waals surface area contributed by atoms with Crippen molar-refractivity contribution in [3.05, 3.63) is 83.7 Å². The summed E-state index contributed by atoms with van der Waals surface area (Å²) in [7, 11) is 0. The lowest BCUT2D eigenvalue weighted by Crippen LogP contribution is -2.24. The van der Waals surface area contributed by atoms with E-state index in [0.717, 1.165) is 16.3 Å². The summed E-state index contributed by atoms with van der Waals surface area (Å²) in [6.07, 6.45) is 0.248. The Hall–Kier alpha value is -2.19. The molecule has 3 rings (SSSR count). The minimum absolute atomic E-state index is 0.248. The molecule has 0 saturated carbocycles. The van der Waals surface area contributed by atoms with Crippen molar-refractivity contribution in [2.75, 3.05) is 0 Å². The third kappa shape index (κ3) is 2.81. The second kappa shape index (κ2) is 5.30. The Morgan fingerprint density at radius 3 is 2.33 bits per heavy atom. The standard InChI is InChI=1S/C19H17FO/c1-19(21,13-16-8-4-5-9-18(16)20)17-11-10-14-6-2-3-7-15(14)12-17/h2-12,21H,13H2,1H3. The molecule has 0 heterocycles. The number of halogens is 1.